The Morgan fingerprint density at radius 2 is 1.96 bits per heavy atom. The first-order valence-corrected chi connectivity index (χ1v) is 6.51. The first-order valence-electron chi connectivity index (χ1n) is 6.51. The summed E-state index contributed by atoms with van der Waals surface area (Å²) in [6.45, 7) is 1.36. The van der Waals surface area contributed by atoms with Gasteiger partial charge >= 0.3 is 11.9 Å². The summed E-state index contributed by atoms with van der Waals surface area (Å²) in [6.07, 6.45) is 0. The lowest BCUT2D eigenvalue weighted by atomic mass is 10.1. The van der Waals surface area contributed by atoms with Crippen molar-refractivity contribution in [2.45, 2.75) is 13.5 Å². The largest absolute Gasteiger partial charge is 0.463 e. The van der Waals surface area contributed by atoms with Crippen LogP contribution in [-0.4, -0.2) is 24.0 Å². The molecule has 0 spiro atoms. The number of nitro groups is 1. The standard InChI is InChI=1S/C15H13NO7/c1-9-7-10(3-5-12(9)16(19)20)14(17)22-8-11-4-6-13(23-11)15(18)21-2/h3-7H,8H2,1-2H3. The predicted octanol–water partition coefficient (Wildman–Crippen LogP) is 2.64. The monoisotopic (exact) mass is 319 g/mol. The maximum absolute atomic E-state index is 11.9. The molecule has 1 aromatic carbocycles. The number of carbonyl (C=O) groups is 2. The third kappa shape index (κ3) is 3.73. The summed E-state index contributed by atoms with van der Waals surface area (Å²) in [5, 5.41) is 10.7. The second-order valence-corrected chi connectivity index (χ2v) is 4.59. The van der Waals surface area contributed by atoms with Gasteiger partial charge in [0, 0.05) is 11.6 Å². The van der Waals surface area contributed by atoms with E-state index in [2.05, 4.69) is 4.74 Å². The zero-order valence-corrected chi connectivity index (χ0v) is 12.4. The fraction of sp³-hybridized carbons (Fsp3) is 0.200. The number of methoxy groups -OCH3 is 1. The maximum Gasteiger partial charge on any atom is 0.373 e. The molecule has 0 amide bonds. The molecule has 0 aliphatic heterocycles. The average Bonchev–Trinajstić information content (AvgIpc) is 3.00. The number of rotatable bonds is 5. The lowest BCUT2D eigenvalue weighted by Crippen LogP contribution is -2.06. The highest BCUT2D eigenvalue weighted by molar-refractivity contribution is 5.90. The SMILES string of the molecule is COC(=O)c1ccc(COC(=O)c2ccc([N+](=O)[O-])c(C)c2)o1. The van der Waals surface area contributed by atoms with Crippen LogP contribution in [0, 0.1) is 17.0 Å². The normalized spacial score (nSPS) is 10.2. The molecular formula is C15H13NO7. The van der Waals surface area contributed by atoms with Gasteiger partial charge in [0.15, 0.2) is 0 Å². The van der Waals surface area contributed by atoms with Crippen molar-refractivity contribution in [3.63, 3.8) is 0 Å². The van der Waals surface area contributed by atoms with E-state index in [4.69, 9.17) is 9.15 Å². The molecule has 2 rings (SSSR count). The van der Waals surface area contributed by atoms with Crippen LogP contribution in [0.2, 0.25) is 0 Å². The van der Waals surface area contributed by atoms with Crippen molar-refractivity contribution in [3.05, 3.63) is 63.1 Å². The molecule has 0 saturated carbocycles. The Morgan fingerprint density at radius 3 is 2.57 bits per heavy atom. The summed E-state index contributed by atoms with van der Waals surface area (Å²) in [7, 11) is 1.22. The second-order valence-electron chi connectivity index (χ2n) is 4.59. The van der Waals surface area contributed by atoms with E-state index >= 15 is 0 Å². The summed E-state index contributed by atoms with van der Waals surface area (Å²) in [5.41, 5.74) is 0.471. The quantitative estimate of drug-likeness (QED) is 0.473. The first-order chi connectivity index (χ1) is 10.9. The molecule has 0 saturated heterocycles. The molecule has 0 N–H and O–H groups in total. The fourth-order valence-electron chi connectivity index (χ4n) is 1.87. The molecule has 0 radical (unpaired) electrons. The average molecular weight is 319 g/mol. The van der Waals surface area contributed by atoms with Gasteiger partial charge in [-0.25, -0.2) is 9.59 Å². The molecule has 0 aliphatic rings. The minimum absolute atomic E-state index is 0.00438. The predicted molar refractivity (Wildman–Crippen MR) is 77.0 cm³/mol. The van der Waals surface area contributed by atoms with E-state index in [9.17, 15) is 19.7 Å². The Labute approximate surface area is 130 Å². The maximum atomic E-state index is 11.9. The van der Waals surface area contributed by atoms with Crippen LogP contribution in [0.15, 0.2) is 34.7 Å². The number of furan rings is 1. The van der Waals surface area contributed by atoms with Gasteiger partial charge in [-0.3, -0.25) is 10.1 Å². The van der Waals surface area contributed by atoms with Crippen molar-refractivity contribution < 1.29 is 28.4 Å². The summed E-state index contributed by atoms with van der Waals surface area (Å²) < 4.78 is 14.7. The summed E-state index contributed by atoms with van der Waals surface area (Å²) in [4.78, 5) is 33.4. The molecule has 23 heavy (non-hydrogen) atoms. The van der Waals surface area contributed by atoms with E-state index in [0.29, 0.717) is 5.56 Å². The van der Waals surface area contributed by atoms with Crippen LogP contribution in [0.4, 0.5) is 5.69 Å². The lowest BCUT2D eigenvalue weighted by Gasteiger charge is -2.04. The minimum atomic E-state index is -0.654. The van der Waals surface area contributed by atoms with Crippen molar-refractivity contribution in [2.24, 2.45) is 0 Å². The van der Waals surface area contributed by atoms with E-state index in [1.807, 2.05) is 0 Å². The van der Waals surface area contributed by atoms with Crippen molar-refractivity contribution in [2.75, 3.05) is 7.11 Å². The number of nitro benzene ring substituents is 1. The van der Waals surface area contributed by atoms with Crippen LogP contribution in [-0.2, 0) is 16.1 Å². The zero-order chi connectivity index (χ0) is 17.0. The van der Waals surface area contributed by atoms with Gasteiger partial charge in [0.1, 0.15) is 12.4 Å². The van der Waals surface area contributed by atoms with Crippen LogP contribution >= 0.6 is 0 Å². The Hall–Kier alpha value is -3.16. The van der Waals surface area contributed by atoms with Gasteiger partial charge in [0.05, 0.1) is 17.6 Å². The number of aryl methyl sites for hydroxylation is 1. The van der Waals surface area contributed by atoms with Gasteiger partial charge in [0.2, 0.25) is 5.76 Å². The molecule has 120 valence electrons. The van der Waals surface area contributed by atoms with Crippen LogP contribution in [0.1, 0.15) is 32.2 Å². The third-order valence-electron chi connectivity index (χ3n) is 3.02. The van der Waals surface area contributed by atoms with Crippen molar-refractivity contribution >= 4 is 17.6 Å². The highest BCUT2D eigenvalue weighted by Crippen LogP contribution is 2.19. The Morgan fingerprint density at radius 1 is 1.22 bits per heavy atom. The van der Waals surface area contributed by atoms with E-state index in [-0.39, 0.29) is 29.4 Å². The minimum Gasteiger partial charge on any atom is -0.463 e. The summed E-state index contributed by atoms with van der Waals surface area (Å²) in [5.74, 6) is -1.00. The van der Waals surface area contributed by atoms with Crippen LogP contribution in [0.5, 0.6) is 0 Å². The molecule has 8 heteroatoms. The van der Waals surface area contributed by atoms with E-state index in [1.165, 1.54) is 44.4 Å². The molecule has 0 atom stereocenters. The zero-order valence-electron chi connectivity index (χ0n) is 12.4. The molecule has 0 fully saturated rings. The summed E-state index contributed by atoms with van der Waals surface area (Å²) in [6, 6.07) is 6.83. The number of hydrogen-bond donors (Lipinski definition) is 0. The highest BCUT2D eigenvalue weighted by atomic mass is 16.6. The van der Waals surface area contributed by atoms with Crippen molar-refractivity contribution in [1.29, 1.82) is 0 Å². The molecular weight excluding hydrogens is 306 g/mol. The Kier molecular flexibility index (Phi) is 4.75. The van der Waals surface area contributed by atoms with Crippen LogP contribution < -0.4 is 0 Å². The van der Waals surface area contributed by atoms with Gasteiger partial charge < -0.3 is 13.9 Å². The van der Waals surface area contributed by atoms with Crippen LogP contribution in [0.3, 0.4) is 0 Å². The molecule has 0 unspecified atom stereocenters. The van der Waals surface area contributed by atoms with Gasteiger partial charge in [-0.2, -0.15) is 0 Å². The Balaban J connectivity index is 2.02. The topological polar surface area (TPSA) is 109 Å². The van der Waals surface area contributed by atoms with Crippen molar-refractivity contribution in [3.8, 4) is 0 Å². The van der Waals surface area contributed by atoms with Gasteiger partial charge in [-0.05, 0) is 31.2 Å². The molecule has 2 aromatic rings. The fourth-order valence-corrected chi connectivity index (χ4v) is 1.87. The molecule has 1 heterocycles. The van der Waals surface area contributed by atoms with E-state index in [0.717, 1.165) is 0 Å². The first kappa shape index (κ1) is 16.2. The van der Waals surface area contributed by atoms with Gasteiger partial charge in [-0.1, -0.05) is 0 Å². The number of hydrogen-bond acceptors (Lipinski definition) is 7. The van der Waals surface area contributed by atoms with Crippen LogP contribution in [0.25, 0.3) is 0 Å². The number of carbonyl (C=O) groups excluding carboxylic acids is 2. The second kappa shape index (κ2) is 6.73. The summed E-state index contributed by atoms with van der Waals surface area (Å²) >= 11 is 0. The van der Waals surface area contributed by atoms with Crippen molar-refractivity contribution in [1.82, 2.24) is 0 Å². The molecule has 0 bridgehead atoms. The Bertz CT molecular complexity index is 763. The lowest BCUT2D eigenvalue weighted by molar-refractivity contribution is -0.385. The van der Waals surface area contributed by atoms with E-state index in [1.54, 1.807) is 0 Å². The molecule has 1 aromatic heterocycles. The number of nitrogens with zero attached hydrogens (tertiary/aromatic N) is 1. The smallest absolute Gasteiger partial charge is 0.373 e. The molecule has 0 aliphatic carbocycles. The molecule has 8 nitrogen and oxygen atoms in total. The van der Waals surface area contributed by atoms with Gasteiger partial charge in [-0.15, -0.1) is 0 Å². The van der Waals surface area contributed by atoms with E-state index < -0.39 is 16.9 Å². The number of ether oxygens (including phenoxy) is 2. The number of esters is 2. The third-order valence-corrected chi connectivity index (χ3v) is 3.02. The highest BCUT2D eigenvalue weighted by Gasteiger charge is 2.16. The number of benzene rings is 1. The van der Waals surface area contributed by atoms with Gasteiger partial charge in [0.25, 0.3) is 5.69 Å².